The van der Waals surface area contributed by atoms with E-state index in [1.54, 1.807) is 11.3 Å². The van der Waals surface area contributed by atoms with Crippen LogP contribution in [0.2, 0.25) is 0 Å². The van der Waals surface area contributed by atoms with Crippen LogP contribution in [0.3, 0.4) is 0 Å². The summed E-state index contributed by atoms with van der Waals surface area (Å²) in [5.41, 5.74) is 5.52. The second kappa shape index (κ2) is 8.05. The Morgan fingerprint density at radius 3 is 2.69 bits per heavy atom. The summed E-state index contributed by atoms with van der Waals surface area (Å²) in [5.74, 6) is 0. The summed E-state index contributed by atoms with van der Waals surface area (Å²) in [6, 6.07) is 21.9. The second-order valence-corrected chi connectivity index (χ2v) is 8.72. The van der Waals surface area contributed by atoms with E-state index in [9.17, 15) is 0 Å². The van der Waals surface area contributed by atoms with Crippen LogP contribution in [-0.4, -0.2) is 34.0 Å². The van der Waals surface area contributed by atoms with Crippen molar-refractivity contribution in [1.82, 2.24) is 14.9 Å². The molecule has 0 radical (unpaired) electrons. The van der Waals surface area contributed by atoms with Gasteiger partial charge >= 0.3 is 0 Å². The maximum Gasteiger partial charge on any atom is 0.124 e. The zero-order valence-electron chi connectivity index (χ0n) is 16.7. The van der Waals surface area contributed by atoms with Crippen molar-refractivity contribution in [2.24, 2.45) is 0 Å². The van der Waals surface area contributed by atoms with Gasteiger partial charge in [0.2, 0.25) is 0 Å². The molecule has 0 spiro atoms. The molecule has 29 heavy (non-hydrogen) atoms. The zero-order chi connectivity index (χ0) is 19.6. The molecule has 1 atom stereocenters. The van der Waals surface area contributed by atoms with Gasteiger partial charge in [-0.05, 0) is 44.4 Å². The topological polar surface area (TPSA) is 29.0 Å². The standard InChI is InChI=1S/C25H25N3S/c1-18-7-6-15-28(18)16-14-20-11-5-10-19-12-13-22(26-24(19)20)23-17-29-25(27-23)21-8-3-2-4-9-21/h2-5,8-13,17-18H,6-7,14-16H2,1H3/t18-/m1/s1. The minimum atomic E-state index is 0.708. The molecule has 2 aromatic carbocycles. The Morgan fingerprint density at radius 1 is 0.966 bits per heavy atom. The summed E-state index contributed by atoms with van der Waals surface area (Å²) in [6.07, 6.45) is 3.70. The Hall–Kier alpha value is -2.56. The fourth-order valence-corrected chi connectivity index (χ4v) is 5.07. The fraction of sp³-hybridized carbons (Fsp3) is 0.280. The molecule has 2 aromatic heterocycles. The summed E-state index contributed by atoms with van der Waals surface area (Å²) in [7, 11) is 0. The third kappa shape index (κ3) is 3.83. The summed E-state index contributed by atoms with van der Waals surface area (Å²) >= 11 is 1.68. The van der Waals surface area contributed by atoms with Gasteiger partial charge in [-0.15, -0.1) is 11.3 Å². The summed E-state index contributed by atoms with van der Waals surface area (Å²) in [4.78, 5) is 12.5. The highest BCUT2D eigenvalue weighted by Gasteiger charge is 2.20. The number of hydrogen-bond donors (Lipinski definition) is 0. The van der Waals surface area contributed by atoms with E-state index in [1.165, 1.54) is 30.3 Å². The first-order chi connectivity index (χ1) is 14.3. The number of aromatic nitrogens is 2. The predicted octanol–water partition coefficient (Wildman–Crippen LogP) is 6.05. The van der Waals surface area contributed by atoms with E-state index in [4.69, 9.17) is 9.97 Å². The highest BCUT2D eigenvalue weighted by molar-refractivity contribution is 7.13. The Labute approximate surface area is 176 Å². The molecular formula is C25H25N3S. The first-order valence-corrected chi connectivity index (χ1v) is 11.3. The third-order valence-corrected chi connectivity index (χ3v) is 6.84. The molecule has 5 rings (SSSR count). The van der Waals surface area contributed by atoms with Crippen molar-refractivity contribution in [2.45, 2.75) is 32.2 Å². The van der Waals surface area contributed by atoms with Crippen molar-refractivity contribution in [2.75, 3.05) is 13.1 Å². The number of nitrogens with zero attached hydrogens (tertiary/aromatic N) is 3. The molecule has 3 heterocycles. The summed E-state index contributed by atoms with van der Waals surface area (Å²) < 4.78 is 0. The molecule has 0 saturated carbocycles. The zero-order valence-corrected chi connectivity index (χ0v) is 17.5. The number of likely N-dealkylation sites (tertiary alicyclic amines) is 1. The number of rotatable bonds is 5. The maximum absolute atomic E-state index is 5.04. The third-order valence-electron chi connectivity index (χ3n) is 5.95. The van der Waals surface area contributed by atoms with Gasteiger partial charge in [0.15, 0.2) is 0 Å². The average molecular weight is 400 g/mol. The number of para-hydroxylation sites is 1. The van der Waals surface area contributed by atoms with E-state index in [2.05, 4.69) is 71.8 Å². The van der Waals surface area contributed by atoms with Gasteiger partial charge in [0.25, 0.3) is 0 Å². The van der Waals surface area contributed by atoms with Gasteiger partial charge in [-0.2, -0.15) is 0 Å². The summed E-state index contributed by atoms with van der Waals surface area (Å²) in [5, 5.41) is 4.36. The van der Waals surface area contributed by atoms with Crippen LogP contribution in [-0.2, 0) is 6.42 Å². The predicted molar refractivity (Wildman–Crippen MR) is 122 cm³/mol. The van der Waals surface area contributed by atoms with Crippen molar-refractivity contribution >= 4 is 22.2 Å². The number of thiazole rings is 1. The molecule has 0 amide bonds. The van der Waals surface area contributed by atoms with Crippen LogP contribution < -0.4 is 0 Å². The molecule has 146 valence electrons. The van der Waals surface area contributed by atoms with Gasteiger partial charge in [-0.1, -0.05) is 54.6 Å². The van der Waals surface area contributed by atoms with Crippen LogP contribution in [0.15, 0.2) is 66.0 Å². The molecular weight excluding hydrogens is 374 g/mol. The van der Waals surface area contributed by atoms with Gasteiger partial charge in [0.05, 0.1) is 11.2 Å². The Morgan fingerprint density at radius 2 is 1.86 bits per heavy atom. The van der Waals surface area contributed by atoms with Gasteiger partial charge < -0.3 is 4.90 Å². The number of pyridine rings is 1. The molecule has 1 saturated heterocycles. The Bertz CT molecular complexity index is 1120. The van der Waals surface area contributed by atoms with Crippen LogP contribution in [0.1, 0.15) is 25.3 Å². The molecule has 0 unspecified atom stereocenters. The first kappa shape index (κ1) is 18.5. The highest BCUT2D eigenvalue weighted by atomic mass is 32.1. The van der Waals surface area contributed by atoms with E-state index >= 15 is 0 Å². The van der Waals surface area contributed by atoms with Crippen molar-refractivity contribution < 1.29 is 0 Å². The number of benzene rings is 2. The van der Waals surface area contributed by atoms with E-state index < -0.39 is 0 Å². The first-order valence-electron chi connectivity index (χ1n) is 10.4. The van der Waals surface area contributed by atoms with E-state index in [0.717, 1.165) is 40.4 Å². The molecule has 0 aliphatic carbocycles. The summed E-state index contributed by atoms with van der Waals surface area (Å²) in [6.45, 7) is 4.69. The lowest BCUT2D eigenvalue weighted by Gasteiger charge is -2.21. The average Bonchev–Trinajstić information content (AvgIpc) is 3.42. The molecule has 4 heteroatoms. The van der Waals surface area contributed by atoms with Gasteiger partial charge in [0.1, 0.15) is 10.7 Å². The van der Waals surface area contributed by atoms with E-state index in [1.807, 2.05) is 6.07 Å². The normalized spacial score (nSPS) is 17.2. The largest absolute Gasteiger partial charge is 0.300 e. The minimum Gasteiger partial charge on any atom is -0.300 e. The van der Waals surface area contributed by atoms with Crippen molar-refractivity contribution in [1.29, 1.82) is 0 Å². The molecule has 1 fully saturated rings. The minimum absolute atomic E-state index is 0.708. The molecule has 1 aliphatic rings. The lowest BCUT2D eigenvalue weighted by atomic mass is 10.1. The van der Waals surface area contributed by atoms with Crippen LogP contribution >= 0.6 is 11.3 Å². The van der Waals surface area contributed by atoms with Crippen LogP contribution in [0, 0.1) is 0 Å². The Kier molecular flexibility index (Phi) is 5.13. The monoisotopic (exact) mass is 399 g/mol. The Balaban J connectivity index is 1.44. The van der Waals surface area contributed by atoms with Crippen molar-refractivity contribution in [3.8, 4) is 22.0 Å². The smallest absolute Gasteiger partial charge is 0.124 e. The quantitative estimate of drug-likeness (QED) is 0.409. The van der Waals surface area contributed by atoms with Gasteiger partial charge in [-0.3, -0.25) is 0 Å². The number of hydrogen-bond acceptors (Lipinski definition) is 4. The lowest BCUT2D eigenvalue weighted by Crippen LogP contribution is -2.29. The van der Waals surface area contributed by atoms with Gasteiger partial charge in [-0.25, -0.2) is 9.97 Å². The van der Waals surface area contributed by atoms with Crippen molar-refractivity contribution in [3.05, 3.63) is 71.6 Å². The molecule has 4 aromatic rings. The molecule has 0 N–H and O–H groups in total. The fourth-order valence-electron chi connectivity index (χ4n) is 4.25. The van der Waals surface area contributed by atoms with Crippen molar-refractivity contribution in [3.63, 3.8) is 0 Å². The van der Waals surface area contributed by atoms with Crippen LogP contribution in [0.4, 0.5) is 0 Å². The number of fused-ring (bicyclic) bond motifs is 1. The molecule has 1 aliphatic heterocycles. The second-order valence-electron chi connectivity index (χ2n) is 7.87. The van der Waals surface area contributed by atoms with E-state index in [0.29, 0.717) is 6.04 Å². The molecule has 3 nitrogen and oxygen atoms in total. The van der Waals surface area contributed by atoms with Gasteiger partial charge in [0, 0.05) is 28.9 Å². The SMILES string of the molecule is C[C@@H]1CCCN1CCc1cccc2ccc(-c3csc(-c4ccccc4)n3)nc12. The molecule has 0 bridgehead atoms. The maximum atomic E-state index is 5.04. The lowest BCUT2D eigenvalue weighted by molar-refractivity contribution is 0.272. The van der Waals surface area contributed by atoms with Crippen LogP contribution in [0.25, 0.3) is 32.9 Å². The van der Waals surface area contributed by atoms with E-state index in [-0.39, 0.29) is 0 Å². The highest BCUT2D eigenvalue weighted by Crippen LogP contribution is 2.29. The van der Waals surface area contributed by atoms with Crippen LogP contribution in [0.5, 0.6) is 0 Å².